The first-order valence-corrected chi connectivity index (χ1v) is 21.5. The lowest BCUT2D eigenvalue weighted by molar-refractivity contribution is -0.161. The number of phosphoric ester groups is 1. The molecule has 4 N–H and O–H groups in total. The molecule has 0 aromatic rings. The molecule has 0 aliphatic carbocycles. The fourth-order valence-corrected chi connectivity index (χ4v) is 5.57. The Morgan fingerprint density at radius 2 is 1.04 bits per heavy atom. The van der Waals surface area contributed by atoms with E-state index in [4.69, 9.17) is 24.8 Å². The number of hydrogen-bond acceptors (Lipinski definition) is 9. The van der Waals surface area contributed by atoms with Crippen molar-refractivity contribution < 1.29 is 47.5 Å². The average molecular weight is 780 g/mol. The molecule has 0 aliphatic heterocycles. The number of rotatable bonds is 36. The van der Waals surface area contributed by atoms with Crippen LogP contribution in [0.15, 0.2) is 72.9 Å². The summed E-state index contributed by atoms with van der Waals surface area (Å²) in [7, 11) is -4.73. The Labute approximate surface area is 325 Å². The van der Waals surface area contributed by atoms with Gasteiger partial charge in [-0.3, -0.25) is 23.4 Å². The first-order chi connectivity index (χ1) is 26.1. The van der Waals surface area contributed by atoms with Gasteiger partial charge in [-0.25, -0.2) is 4.57 Å². The fourth-order valence-electron chi connectivity index (χ4n) is 4.79. The zero-order valence-electron chi connectivity index (χ0n) is 33.0. The molecule has 0 bridgehead atoms. The smallest absolute Gasteiger partial charge is 0.472 e. The number of carboxylic acids is 1. The van der Waals surface area contributed by atoms with Gasteiger partial charge >= 0.3 is 25.7 Å². The number of carboxylic acid groups (broad SMARTS) is 1. The van der Waals surface area contributed by atoms with Gasteiger partial charge in [0.2, 0.25) is 0 Å². The number of hydrogen-bond donors (Lipinski definition) is 3. The van der Waals surface area contributed by atoms with Gasteiger partial charge < -0.3 is 25.2 Å². The van der Waals surface area contributed by atoms with Crippen molar-refractivity contribution in [2.24, 2.45) is 5.73 Å². The van der Waals surface area contributed by atoms with Gasteiger partial charge in [0.1, 0.15) is 12.6 Å². The Kier molecular flexibility index (Phi) is 34.8. The number of nitrogens with two attached hydrogens (primary N) is 1. The Bertz CT molecular complexity index is 1190. The van der Waals surface area contributed by atoms with Gasteiger partial charge in [-0.05, 0) is 83.5 Å². The SMILES string of the molecule is CC/C=C\C/C=C\C/C=C\CCCCCCCC(=O)O[C@H](COC(=O)CCCC/C=C\C/C=C\C/C=C\CCCCC)COP(=O)(O)OC[C@H](N)C(=O)O. The van der Waals surface area contributed by atoms with Gasteiger partial charge in [-0.1, -0.05) is 119 Å². The van der Waals surface area contributed by atoms with E-state index in [9.17, 15) is 23.8 Å². The molecule has 12 heteroatoms. The van der Waals surface area contributed by atoms with Crippen molar-refractivity contribution in [3.63, 3.8) is 0 Å². The van der Waals surface area contributed by atoms with Crippen LogP contribution in [-0.2, 0) is 37.5 Å². The van der Waals surface area contributed by atoms with Crippen LogP contribution in [0, 0.1) is 0 Å². The summed E-state index contributed by atoms with van der Waals surface area (Å²) >= 11 is 0. The van der Waals surface area contributed by atoms with Crippen molar-refractivity contribution in [1.29, 1.82) is 0 Å². The zero-order chi connectivity index (χ0) is 40.0. The summed E-state index contributed by atoms with van der Waals surface area (Å²) in [6.45, 7) is 2.57. The Balaban J connectivity index is 4.53. The number of allylic oxidation sites excluding steroid dienone is 12. The number of ether oxygens (including phenoxy) is 2. The van der Waals surface area contributed by atoms with Crippen LogP contribution in [0.3, 0.4) is 0 Å². The second-order valence-electron chi connectivity index (χ2n) is 13.0. The van der Waals surface area contributed by atoms with Crippen molar-refractivity contribution in [2.75, 3.05) is 19.8 Å². The highest BCUT2D eigenvalue weighted by Crippen LogP contribution is 2.43. The second kappa shape index (κ2) is 36.9. The second-order valence-corrected chi connectivity index (χ2v) is 14.5. The molecule has 0 saturated heterocycles. The van der Waals surface area contributed by atoms with Crippen LogP contribution in [0.25, 0.3) is 0 Å². The predicted molar refractivity (Wildman–Crippen MR) is 217 cm³/mol. The van der Waals surface area contributed by atoms with Gasteiger partial charge in [-0.15, -0.1) is 0 Å². The molecule has 0 saturated carbocycles. The highest BCUT2D eigenvalue weighted by molar-refractivity contribution is 7.47. The topological polar surface area (TPSA) is 172 Å². The molecule has 1 unspecified atom stereocenters. The summed E-state index contributed by atoms with van der Waals surface area (Å²) in [5, 5.41) is 8.87. The first-order valence-electron chi connectivity index (χ1n) is 20.0. The molecule has 0 aromatic heterocycles. The third-order valence-corrected chi connectivity index (χ3v) is 8.89. The minimum Gasteiger partial charge on any atom is -0.480 e. The number of esters is 2. The zero-order valence-corrected chi connectivity index (χ0v) is 33.9. The third kappa shape index (κ3) is 35.9. The minimum atomic E-state index is -4.73. The monoisotopic (exact) mass is 779 g/mol. The Morgan fingerprint density at radius 3 is 1.59 bits per heavy atom. The Morgan fingerprint density at radius 1 is 0.593 bits per heavy atom. The summed E-state index contributed by atoms with van der Waals surface area (Å²) in [5.74, 6) is -2.46. The molecule has 0 spiro atoms. The fraction of sp³-hybridized carbons (Fsp3) is 0.643. The van der Waals surface area contributed by atoms with Crippen molar-refractivity contribution in [2.45, 2.75) is 154 Å². The molecule has 0 amide bonds. The van der Waals surface area contributed by atoms with Crippen molar-refractivity contribution >= 4 is 25.7 Å². The van der Waals surface area contributed by atoms with Gasteiger partial charge in [0.25, 0.3) is 0 Å². The van der Waals surface area contributed by atoms with E-state index in [0.717, 1.165) is 83.5 Å². The highest BCUT2D eigenvalue weighted by Gasteiger charge is 2.28. The molecular weight excluding hydrogens is 709 g/mol. The molecular formula is C42H70NO10P. The van der Waals surface area contributed by atoms with Gasteiger partial charge in [0.15, 0.2) is 6.10 Å². The van der Waals surface area contributed by atoms with E-state index in [1.165, 1.54) is 19.3 Å². The van der Waals surface area contributed by atoms with Crippen LogP contribution in [0.5, 0.6) is 0 Å². The molecule has 54 heavy (non-hydrogen) atoms. The van der Waals surface area contributed by atoms with E-state index in [2.05, 4.69) is 91.3 Å². The molecule has 0 aliphatic rings. The van der Waals surface area contributed by atoms with E-state index in [0.29, 0.717) is 12.8 Å². The summed E-state index contributed by atoms with van der Waals surface area (Å²) in [6, 6.07) is -1.53. The lowest BCUT2D eigenvalue weighted by atomic mass is 10.1. The van der Waals surface area contributed by atoms with E-state index in [1.807, 2.05) is 0 Å². The lowest BCUT2D eigenvalue weighted by Crippen LogP contribution is -2.34. The van der Waals surface area contributed by atoms with E-state index in [1.54, 1.807) is 0 Å². The maximum Gasteiger partial charge on any atom is 0.472 e. The maximum absolute atomic E-state index is 12.6. The molecule has 0 heterocycles. The van der Waals surface area contributed by atoms with Gasteiger partial charge in [0.05, 0.1) is 13.2 Å². The van der Waals surface area contributed by atoms with Crippen molar-refractivity contribution in [3.05, 3.63) is 72.9 Å². The quantitative estimate of drug-likeness (QED) is 0.0239. The summed E-state index contributed by atoms with van der Waals surface area (Å²) in [5.41, 5.74) is 5.32. The average Bonchev–Trinajstić information content (AvgIpc) is 3.14. The van der Waals surface area contributed by atoms with E-state index >= 15 is 0 Å². The summed E-state index contributed by atoms with van der Waals surface area (Å²) in [4.78, 5) is 45.8. The molecule has 308 valence electrons. The number of carbonyl (C=O) groups is 3. The molecule has 0 rings (SSSR count). The maximum atomic E-state index is 12.6. The summed E-state index contributed by atoms with van der Waals surface area (Å²) < 4.78 is 32.6. The minimum absolute atomic E-state index is 0.129. The normalized spacial score (nSPS) is 14.6. The summed E-state index contributed by atoms with van der Waals surface area (Å²) in [6.07, 6.45) is 42.6. The van der Waals surface area contributed by atoms with Crippen LogP contribution in [0.1, 0.15) is 142 Å². The van der Waals surface area contributed by atoms with E-state index < -0.39 is 51.1 Å². The van der Waals surface area contributed by atoms with Crippen molar-refractivity contribution in [3.8, 4) is 0 Å². The lowest BCUT2D eigenvalue weighted by Gasteiger charge is -2.20. The molecule has 0 radical (unpaired) electrons. The predicted octanol–water partition coefficient (Wildman–Crippen LogP) is 10.2. The number of aliphatic carboxylic acids is 1. The van der Waals surface area contributed by atoms with Gasteiger partial charge in [-0.2, -0.15) is 0 Å². The van der Waals surface area contributed by atoms with Crippen molar-refractivity contribution in [1.82, 2.24) is 0 Å². The Hall–Kier alpha value is -3.08. The van der Waals surface area contributed by atoms with Crippen LogP contribution in [-0.4, -0.2) is 59.9 Å². The largest absolute Gasteiger partial charge is 0.480 e. The molecule has 3 atom stereocenters. The third-order valence-electron chi connectivity index (χ3n) is 7.94. The van der Waals surface area contributed by atoms with Gasteiger partial charge in [0, 0.05) is 12.8 Å². The molecule has 0 aromatic carbocycles. The molecule has 11 nitrogen and oxygen atoms in total. The van der Waals surface area contributed by atoms with E-state index in [-0.39, 0.29) is 19.4 Å². The highest BCUT2D eigenvalue weighted by atomic mass is 31.2. The standard InChI is InChI=1S/C42H70NO10P/c1-3-5-7-9-11-13-15-17-19-21-23-25-27-29-31-33-40(44)50-35-38(36-51-54(48,49)52-37-39(43)42(46)47)53-41(45)34-32-30-28-26-24-22-20-18-16-14-12-10-8-6-4-2/h6,8,11-14,17-20,23,25,38-39H,3-5,7,9-10,15-16,21-22,24,26-37,43H2,1-2H3,(H,46,47)(H,48,49)/b8-6-,13-11-,14-12-,19-17-,20-18-,25-23-/t38-,39+/m1/s1. The first kappa shape index (κ1) is 50.9. The molecule has 0 fully saturated rings. The number of carbonyl (C=O) groups excluding carboxylic acids is 2. The van der Waals surface area contributed by atoms with Crippen LogP contribution < -0.4 is 5.73 Å². The van der Waals surface area contributed by atoms with Crippen LogP contribution >= 0.6 is 7.82 Å². The van der Waals surface area contributed by atoms with Crippen LogP contribution in [0.4, 0.5) is 0 Å². The number of phosphoric acid groups is 1. The van der Waals surface area contributed by atoms with Crippen LogP contribution in [0.2, 0.25) is 0 Å². The number of unbranched alkanes of at least 4 members (excludes halogenated alkanes) is 10.